The molecule has 0 aliphatic rings. The van der Waals surface area contributed by atoms with Gasteiger partial charge in [0.2, 0.25) is 10.6 Å². The fourth-order valence-electron chi connectivity index (χ4n) is 5.95. The molecule has 0 spiro atoms. The van der Waals surface area contributed by atoms with Crippen LogP contribution in [0.1, 0.15) is 0 Å². The predicted molar refractivity (Wildman–Crippen MR) is 203 cm³/mol. The average molecular weight is 685 g/mol. The van der Waals surface area contributed by atoms with Gasteiger partial charge in [-0.25, -0.2) is 24.9 Å². The summed E-state index contributed by atoms with van der Waals surface area (Å²) in [5.74, 6) is 0. The van der Waals surface area contributed by atoms with E-state index in [0.29, 0.717) is 11.4 Å². The van der Waals surface area contributed by atoms with E-state index in [-0.39, 0.29) is 10.6 Å². The van der Waals surface area contributed by atoms with Crippen LogP contribution in [0.4, 0.5) is 0 Å². The third-order valence-corrected chi connectivity index (χ3v) is 8.70. The molecule has 7 heteroatoms. The van der Waals surface area contributed by atoms with Crippen LogP contribution in [-0.2, 0) is 0 Å². The summed E-state index contributed by atoms with van der Waals surface area (Å²) < 4.78 is 0. The van der Waals surface area contributed by atoms with Crippen molar-refractivity contribution in [3.8, 4) is 78.7 Å². The Hall–Kier alpha value is -6.01. The maximum absolute atomic E-state index is 6.58. The maximum Gasteiger partial charge on any atom is 0.223 e. The third-order valence-electron chi connectivity index (χ3n) is 8.36. The monoisotopic (exact) mass is 683 g/mol. The molecule has 0 amide bonds. The summed E-state index contributed by atoms with van der Waals surface area (Å²) in [6.45, 7) is 0. The molecule has 3 heterocycles. The topological polar surface area (TPSA) is 64.5 Å². The number of pyridine rings is 1. The van der Waals surface area contributed by atoms with Gasteiger partial charge in [0, 0.05) is 33.4 Å². The molecule has 0 aliphatic heterocycles. The smallest absolute Gasteiger partial charge is 0.223 e. The van der Waals surface area contributed by atoms with Crippen LogP contribution in [0.25, 0.3) is 78.7 Å². The van der Waals surface area contributed by atoms with Crippen molar-refractivity contribution in [2.24, 2.45) is 0 Å². The highest BCUT2D eigenvalue weighted by Crippen LogP contribution is 2.36. The lowest BCUT2D eigenvalue weighted by Crippen LogP contribution is -1.96. The predicted octanol–water partition coefficient (Wildman–Crippen LogP) is 11.6. The molecule has 0 bridgehead atoms. The highest BCUT2D eigenvalue weighted by atomic mass is 35.5. The first-order chi connectivity index (χ1) is 24.6. The van der Waals surface area contributed by atoms with Gasteiger partial charge in [-0.05, 0) is 76.8 Å². The molecule has 0 N–H and O–H groups in total. The normalized spacial score (nSPS) is 11.0. The molecular weight excluding hydrogens is 657 g/mol. The van der Waals surface area contributed by atoms with Gasteiger partial charge in [0.15, 0.2) is 0 Å². The van der Waals surface area contributed by atoms with Crippen LogP contribution in [0.5, 0.6) is 0 Å². The van der Waals surface area contributed by atoms with Crippen molar-refractivity contribution in [3.05, 3.63) is 174 Å². The quantitative estimate of drug-likeness (QED) is 0.156. The van der Waals surface area contributed by atoms with Gasteiger partial charge in [-0.3, -0.25) is 0 Å². The first-order valence-corrected chi connectivity index (χ1v) is 16.8. The van der Waals surface area contributed by atoms with Gasteiger partial charge in [-0.1, -0.05) is 121 Å². The Morgan fingerprint density at radius 2 is 0.520 bits per heavy atom. The Morgan fingerprint density at radius 3 is 0.880 bits per heavy atom. The molecule has 0 saturated heterocycles. The number of hydrogen-bond donors (Lipinski definition) is 0. The number of halogens is 2. The van der Waals surface area contributed by atoms with Gasteiger partial charge < -0.3 is 0 Å². The van der Waals surface area contributed by atoms with Crippen LogP contribution in [0, 0.1) is 0 Å². The second-order valence-corrected chi connectivity index (χ2v) is 12.4. The summed E-state index contributed by atoms with van der Waals surface area (Å²) in [6, 6.07) is 54.8. The molecule has 8 rings (SSSR count). The van der Waals surface area contributed by atoms with E-state index in [9.17, 15) is 0 Å². The molecule has 0 atom stereocenters. The summed E-state index contributed by atoms with van der Waals surface area (Å²) in [4.78, 5) is 23.7. The van der Waals surface area contributed by atoms with Crippen molar-refractivity contribution < 1.29 is 0 Å². The number of benzene rings is 5. The molecule has 0 unspecified atom stereocenters. The molecule has 0 radical (unpaired) electrons. The largest absolute Gasteiger partial charge is 0.248 e. The minimum atomic E-state index is 0.153. The first-order valence-electron chi connectivity index (χ1n) is 16.0. The van der Waals surface area contributed by atoms with E-state index in [1.165, 1.54) is 0 Å². The molecule has 50 heavy (non-hydrogen) atoms. The van der Waals surface area contributed by atoms with Crippen molar-refractivity contribution in [2.75, 3.05) is 0 Å². The Balaban J connectivity index is 1.36. The lowest BCUT2D eigenvalue weighted by atomic mass is 9.95. The second-order valence-electron chi connectivity index (χ2n) is 11.7. The van der Waals surface area contributed by atoms with E-state index in [1.807, 2.05) is 115 Å². The van der Waals surface area contributed by atoms with Crippen molar-refractivity contribution in [2.45, 2.75) is 0 Å². The highest BCUT2D eigenvalue weighted by molar-refractivity contribution is 6.28. The van der Waals surface area contributed by atoms with Crippen LogP contribution in [0.2, 0.25) is 10.6 Å². The fourth-order valence-corrected chi connectivity index (χ4v) is 6.31. The van der Waals surface area contributed by atoms with E-state index < -0.39 is 0 Å². The fraction of sp³-hybridized carbons (Fsp3) is 0. The average Bonchev–Trinajstić information content (AvgIpc) is 3.18. The van der Waals surface area contributed by atoms with Gasteiger partial charge in [-0.15, -0.1) is 0 Å². The highest BCUT2D eigenvalue weighted by Gasteiger charge is 2.16. The molecule has 0 fully saturated rings. The summed E-state index contributed by atoms with van der Waals surface area (Å²) >= 11 is 13.2. The van der Waals surface area contributed by atoms with Crippen molar-refractivity contribution in [1.29, 1.82) is 0 Å². The van der Waals surface area contributed by atoms with E-state index in [0.717, 1.165) is 67.3 Å². The van der Waals surface area contributed by atoms with Crippen LogP contribution in [0.3, 0.4) is 0 Å². The lowest BCUT2D eigenvalue weighted by Gasteiger charge is -2.14. The Kier molecular flexibility index (Phi) is 8.66. The summed E-state index contributed by atoms with van der Waals surface area (Å²) in [7, 11) is 0. The van der Waals surface area contributed by atoms with Gasteiger partial charge >= 0.3 is 0 Å². The number of hydrogen-bond acceptors (Lipinski definition) is 5. The Morgan fingerprint density at radius 1 is 0.240 bits per heavy atom. The Labute approximate surface area is 300 Å². The number of aromatic nitrogens is 5. The number of rotatable bonds is 7. The SMILES string of the molecule is Clc1nc(-c2ccccc2)cc(-c2cc(-c3cc(-c4ccccc4)cc(-c4ccccc4)n3)cc(-c3cc(-c4ccccc4)nc(Cl)n3)c2)n1. The minimum Gasteiger partial charge on any atom is -0.248 e. The molecule has 0 aliphatic carbocycles. The van der Waals surface area contributed by atoms with E-state index >= 15 is 0 Å². The van der Waals surface area contributed by atoms with Crippen molar-refractivity contribution in [1.82, 2.24) is 24.9 Å². The van der Waals surface area contributed by atoms with Gasteiger partial charge in [-0.2, -0.15) is 0 Å². The van der Waals surface area contributed by atoms with Crippen molar-refractivity contribution >= 4 is 23.2 Å². The molecule has 3 aromatic heterocycles. The zero-order valence-corrected chi connectivity index (χ0v) is 28.1. The van der Waals surface area contributed by atoms with Crippen LogP contribution in [0.15, 0.2) is 164 Å². The van der Waals surface area contributed by atoms with Gasteiger partial charge in [0.1, 0.15) is 0 Å². The van der Waals surface area contributed by atoms with E-state index in [4.69, 9.17) is 28.2 Å². The minimum absolute atomic E-state index is 0.153. The first kappa shape index (κ1) is 31.3. The maximum atomic E-state index is 6.58. The molecule has 238 valence electrons. The van der Waals surface area contributed by atoms with E-state index in [2.05, 4.69) is 68.5 Å². The van der Waals surface area contributed by atoms with Gasteiger partial charge in [0.25, 0.3) is 0 Å². The number of nitrogens with zero attached hydrogens (tertiary/aromatic N) is 5. The molecule has 8 aromatic rings. The van der Waals surface area contributed by atoms with Crippen LogP contribution in [-0.4, -0.2) is 24.9 Å². The van der Waals surface area contributed by atoms with E-state index in [1.54, 1.807) is 0 Å². The third kappa shape index (κ3) is 6.78. The summed E-state index contributed by atoms with van der Waals surface area (Å²) in [6.07, 6.45) is 0. The van der Waals surface area contributed by atoms with Crippen LogP contribution >= 0.6 is 23.2 Å². The van der Waals surface area contributed by atoms with Crippen molar-refractivity contribution in [3.63, 3.8) is 0 Å². The second kappa shape index (κ2) is 13.8. The lowest BCUT2D eigenvalue weighted by molar-refractivity contribution is 1.17. The summed E-state index contributed by atoms with van der Waals surface area (Å²) in [5, 5.41) is 0.306. The summed E-state index contributed by atoms with van der Waals surface area (Å²) in [5.41, 5.74) is 12.0. The molecule has 5 nitrogen and oxygen atoms in total. The van der Waals surface area contributed by atoms with Crippen LogP contribution < -0.4 is 0 Å². The molecular formula is C43H27Cl2N5. The zero-order chi connectivity index (χ0) is 33.9. The van der Waals surface area contributed by atoms with Gasteiger partial charge in [0.05, 0.1) is 34.2 Å². The Bertz CT molecular complexity index is 2270. The zero-order valence-electron chi connectivity index (χ0n) is 26.6. The standard InChI is InChI=1S/C43H27Cl2N5/c44-42-47-38(30-17-9-3-10-18-30)26-40(49-42)34-21-33(22-35(23-34)41-27-39(48-43(45)50-41)31-19-11-4-12-20-31)37-25-32(28-13-5-1-6-14-28)24-36(46-37)29-15-7-2-8-16-29/h1-27H. The molecule has 0 saturated carbocycles. The molecule has 5 aromatic carbocycles.